The number of hydrogen-bond donors (Lipinski definition) is 2. The van der Waals surface area contributed by atoms with Crippen LogP contribution in [0.3, 0.4) is 0 Å². The Morgan fingerprint density at radius 3 is 2.68 bits per heavy atom. The van der Waals surface area contributed by atoms with Crippen LogP contribution in [0.1, 0.15) is 25.3 Å². The molecule has 0 bridgehead atoms. The Labute approximate surface area is 129 Å². The van der Waals surface area contributed by atoms with E-state index in [2.05, 4.69) is 0 Å². The third-order valence-corrected chi connectivity index (χ3v) is 3.52. The first-order valence-corrected chi connectivity index (χ1v) is 7.16. The molecule has 0 saturated carbocycles. The molecule has 1 aromatic carbocycles. The number of rotatable bonds is 5. The van der Waals surface area contributed by atoms with Crippen LogP contribution >= 0.6 is 0 Å². The molecule has 0 fully saturated rings. The van der Waals surface area contributed by atoms with Crippen LogP contribution < -0.4 is 0 Å². The van der Waals surface area contributed by atoms with Gasteiger partial charge >= 0.3 is 0 Å². The zero-order valence-corrected chi connectivity index (χ0v) is 12.7. The number of para-hydroxylation sites is 1. The van der Waals surface area contributed by atoms with E-state index in [0.717, 1.165) is 6.42 Å². The van der Waals surface area contributed by atoms with Crippen LogP contribution in [-0.2, 0) is 14.3 Å². The number of aliphatic hydroxyl groups excluding tert-OH is 1. The lowest BCUT2D eigenvalue weighted by Crippen LogP contribution is -2.38. The van der Waals surface area contributed by atoms with Crippen molar-refractivity contribution < 1.29 is 24.5 Å². The first-order chi connectivity index (χ1) is 10.5. The van der Waals surface area contributed by atoms with Gasteiger partial charge in [-0.25, -0.2) is 0 Å². The number of benzene rings is 1. The van der Waals surface area contributed by atoms with Crippen molar-refractivity contribution in [3.8, 4) is 5.75 Å². The predicted molar refractivity (Wildman–Crippen MR) is 82.4 cm³/mol. The zero-order valence-electron chi connectivity index (χ0n) is 12.7. The van der Waals surface area contributed by atoms with Crippen molar-refractivity contribution >= 4 is 11.5 Å². The second-order valence-electron chi connectivity index (χ2n) is 5.08. The van der Waals surface area contributed by atoms with Crippen LogP contribution in [0.4, 0.5) is 0 Å². The summed E-state index contributed by atoms with van der Waals surface area (Å²) >= 11 is 0. The maximum Gasteiger partial charge on any atom is 0.195 e. The molecule has 0 heterocycles. The van der Waals surface area contributed by atoms with E-state index in [1.54, 1.807) is 24.3 Å². The van der Waals surface area contributed by atoms with Crippen molar-refractivity contribution in [3.05, 3.63) is 47.6 Å². The molecule has 1 aliphatic carbocycles. The third kappa shape index (κ3) is 3.21. The van der Waals surface area contributed by atoms with E-state index in [4.69, 9.17) is 9.47 Å². The van der Waals surface area contributed by atoms with Gasteiger partial charge in [-0.05, 0) is 30.7 Å². The fourth-order valence-corrected chi connectivity index (χ4v) is 2.28. The lowest BCUT2D eigenvalue weighted by atomic mass is 9.92. The Bertz CT molecular complexity index is 617. The number of phenols is 1. The maximum atomic E-state index is 12.3. The summed E-state index contributed by atoms with van der Waals surface area (Å²) in [6.07, 6.45) is 3.88. The molecule has 1 unspecified atom stereocenters. The molecule has 5 heteroatoms. The third-order valence-electron chi connectivity index (χ3n) is 3.52. The van der Waals surface area contributed by atoms with E-state index in [9.17, 15) is 15.0 Å². The van der Waals surface area contributed by atoms with Gasteiger partial charge in [-0.3, -0.25) is 4.79 Å². The molecule has 1 atom stereocenters. The van der Waals surface area contributed by atoms with E-state index >= 15 is 0 Å². The fourth-order valence-electron chi connectivity index (χ4n) is 2.28. The van der Waals surface area contributed by atoms with E-state index in [1.165, 1.54) is 19.3 Å². The van der Waals surface area contributed by atoms with Crippen LogP contribution in [0.25, 0.3) is 5.76 Å². The van der Waals surface area contributed by atoms with Crippen molar-refractivity contribution in [1.82, 2.24) is 0 Å². The summed E-state index contributed by atoms with van der Waals surface area (Å²) in [4.78, 5) is 12.3. The number of Topliss-reactive ketones (excluding diaryl/α,β-unsaturated/α-hetero) is 1. The van der Waals surface area contributed by atoms with Crippen LogP contribution in [0.2, 0.25) is 0 Å². The smallest absolute Gasteiger partial charge is 0.195 e. The number of phenolic OH excluding ortho intramolecular Hbond substituents is 1. The molecule has 22 heavy (non-hydrogen) atoms. The molecule has 0 spiro atoms. The minimum absolute atomic E-state index is 0.0208. The number of hydrogen-bond acceptors (Lipinski definition) is 5. The minimum atomic E-state index is -1.09. The van der Waals surface area contributed by atoms with Gasteiger partial charge in [-0.15, -0.1) is 0 Å². The van der Waals surface area contributed by atoms with Gasteiger partial charge in [0.15, 0.2) is 11.6 Å². The van der Waals surface area contributed by atoms with Crippen molar-refractivity contribution in [2.75, 3.05) is 13.7 Å². The first-order valence-electron chi connectivity index (χ1n) is 7.16. The van der Waals surface area contributed by atoms with Crippen molar-refractivity contribution in [1.29, 1.82) is 0 Å². The lowest BCUT2D eigenvalue weighted by Gasteiger charge is -2.31. The van der Waals surface area contributed by atoms with E-state index < -0.39 is 5.79 Å². The van der Waals surface area contributed by atoms with Gasteiger partial charge < -0.3 is 19.7 Å². The van der Waals surface area contributed by atoms with Crippen molar-refractivity contribution in [2.45, 2.75) is 25.6 Å². The fraction of sp³-hybridized carbons (Fsp3) is 0.353. The van der Waals surface area contributed by atoms with Gasteiger partial charge in [-0.2, -0.15) is 0 Å². The van der Waals surface area contributed by atoms with Gasteiger partial charge in [0.05, 0.1) is 24.2 Å². The number of methoxy groups -OCH3 is 1. The maximum absolute atomic E-state index is 12.3. The Kier molecular flexibility index (Phi) is 5.00. The Hall–Kier alpha value is -2.11. The molecular formula is C17H20O5. The van der Waals surface area contributed by atoms with Crippen molar-refractivity contribution in [2.24, 2.45) is 0 Å². The molecule has 5 nitrogen and oxygen atoms in total. The number of carbonyl (C=O) groups excluding carboxylic acids is 1. The number of carbonyl (C=O) groups is 1. The molecule has 0 saturated heterocycles. The Morgan fingerprint density at radius 1 is 1.36 bits per heavy atom. The van der Waals surface area contributed by atoms with E-state index in [0.29, 0.717) is 6.61 Å². The van der Waals surface area contributed by atoms with Gasteiger partial charge in [0.25, 0.3) is 0 Å². The highest BCUT2D eigenvalue weighted by atomic mass is 16.7. The first kappa shape index (κ1) is 16.3. The molecule has 2 rings (SSSR count). The lowest BCUT2D eigenvalue weighted by molar-refractivity contribution is -0.193. The highest BCUT2D eigenvalue weighted by Gasteiger charge is 2.36. The normalized spacial score (nSPS) is 23.6. The molecule has 0 aromatic heterocycles. The SMILES string of the molecule is CCCOC1(OC)C=CC(=C(O)c2ccccc2O)C(=O)C1. The van der Waals surface area contributed by atoms with Gasteiger partial charge in [0, 0.05) is 7.11 Å². The number of allylic oxidation sites excluding steroid dienone is 2. The number of ketones is 1. The highest BCUT2D eigenvalue weighted by Crippen LogP contribution is 2.32. The van der Waals surface area contributed by atoms with Gasteiger partial charge in [-0.1, -0.05) is 19.1 Å². The zero-order chi connectivity index (χ0) is 16.2. The Balaban J connectivity index is 2.37. The summed E-state index contributed by atoms with van der Waals surface area (Å²) in [5.41, 5.74) is 0.351. The van der Waals surface area contributed by atoms with Crippen LogP contribution in [0, 0.1) is 0 Å². The summed E-state index contributed by atoms with van der Waals surface area (Å²) in [5.74, 6) is -1.73. The number of ether oxygens (including phenoxy) is 2. The van der Waals surface area contributed by atoms with Crippen LogP contribution in [-0.4, -0.2) is 35.5 Å². The average Bonchev–Trinajstić information content (AvgIpc) is 2.53. The quantitative estimate of drug-likeness (QED) is 0.497. The molecular weight excluding hydrogens is 284 g/mol. The van der Waals surface area contributed by atoms with Crippen LogP contribution in [0.5, 0.6) is 5.75 Å². The van der Waals surface area contributed by atoms with Gasteiger partial charge in [0.2, 0.25) is 0 Å². The predicted octanol–water partition coefficient (Wildman–Crippen LogP) is 2.96. The summed E-state index contributed by atoms with van der Waals surface area (Å²) in [6, 6.07) is 6.31. The largest absolute Gasteiger partial charge is 0.507 e. The molecule has 0 amide bonds. The summed E-state index contributed by atoms with van der Waals surface area (Å²) in [5, 5.41) is 20.1. The van der Waals surface area contributed by atoms with E-state index in [-0.39, 0.29) is 34.8 Å². The molecule has 1 aliphatic rings. The van der Waals surface area contributed by atoms with E-state index in [1.807, 2.05) is 6.92 Å². The van der Waals surface area contributed by atoms with Crippen molar-refractivity contribution in [3.63, 3.8) is 0 Å². The summed E-state index contributed by atoms with van der Waals surface area (Å²) in [7, 11) is 1.48. The highest BCUT2D eigenvalue weighted by molar-refractivity contribution is 6.05. The van der Waals surface area contributed by atoms with Crippen LogP contribution in [0.15, 0.2) is 42.0 Å². The second kappa shape index (κ2) is 6.77. The summed E-state index contributed by atoms with van der Waals surface area (Å²) in [6.45, 7) is 2.43. The minimum Gasteiger partial charge on any atom is -0.507 e. The van der Waals surface area contributed by atoms with Gasteiger partial charge in [0.1, 0.15) is 11.5 Å². The average molecular weight is 304 g/mol. The Morgan fingerprint density at radius 2 is 2.09 bits per heavy atom. The molecule has 0 aliphatic heterocycles. The molecule has 1 aromatic rings. The molecule has 2 N–H and O–H groups in total. The number of aromatic hydroxyl groups is 1. The topological polar surface area (TPSA) is 76.0 Å². The number of aliphatic hydroxyl groups is 1. The monoisotopic (exact) mass is 304 g/mol. The molecule has 0 radical (unpaired) electrons. The second-order valence-corrected chi connectivity index (χ2v) is 5.08. The molecule has 118 valence electrons. The summed E-state index contributed by atoms with van der Waals surface area (Å²) < 4.78 is 10.9. The standard InChI is InChI=1S/C17H20O5/c1-3-10-22-17(21-2)9-8-13(15(19)11-17)16(20)12-6-4-5-7-14(12)18/h4-9,18,20H,3,10-11H2,1-2H3.